The summed E-state index contributed by atoms with van der Waals surface area (Å²) in [6, 6.07) is 5.18. The lowest BCUT2D eigenvalue weighted by Crippen LogP contribution is -2.30. The number of likely N-dealkylation sites (tertiary alicyclic amines) is 1. The molecule has 1 aliphatic rings. The maximum atomic E-state index is 11.3. The number of hydrogen-bond acceptors (Lipinski definition) is 5. The van der Waals surface area contributed by atoms with Gasteiger partial charge in [0.05, 0.1) is 10.4 Å². The Balaban J connectivity index is 2.01. The number of pyridine rings is 1. The fraction of sp³-hybridized carbons (Fsp3) is 0.286. The molecule has 120 valence electrons. The summed E-state index contributed by atoms with van der Waals surface area (Å²) in [6.45, 7) is 0.706. The number of benzene rings is 1. The van der Waals surface area contributed by atoms with Gasteiger partial charge in [-0.25, -0.2) is 9.78 Å². The Bertz CT molecular complexity index is 798. The van der Waals surface area contributed by atoms with E-state index >= 15 is 0 Å². The van der Waals surface area contributed by atoms with Crippen LogP contribution in [0.2, 0.25) is 0 Å². The van der Waals surface area contributed by atoms with Gasteiger partial charge in [-0.2, -0.15) is 0 Å². The molecule has 0 radical (unpaired) electrons. The quantitative estimate of drug-likeness (QED) is 0.625. The summed E-state index contributed by atoms with van der Waals surface area (Å²) in [5.74, 6) is 0. The minimum absolute atomic E-state index is 0.121. The number of halogens is 1. The molecule has 1 aromatic carbocycles. The number of carboxylic acid groups (broad SMARTS) is 1. The van der Waals surface area contributed by atoms with Crippen LogP contribution in [-0.4, -0.2) is 45.1 Å². The second-order valence-corrected chi connectivity index (χ2v) is 6.21. The summed E-state index contributed by atoms with van der Waals surface area (Å²) in [5.41, 5.74) is 0.886. The molecular formula is C14H13BrN4O4. The first-order chi connectivity index (χ1) is 11.0. The smallest absolute Gasteiger partial charge is 0.407 e. The molecule has 0 aliphatic carbocycles. The molecule has 2 aromatic rings. The number of carbonyl (C=O) groups is 1. The predicted molar refractivity (Wildman–Crippen MR) is 87.7 cm³/mol. The molecule has 2 N–H and O–H groups in total. The molecule has 1 amide bonds. The van der Waals surface area contributed by atoms with Crippen LogP contribution in [0, 0.1) is 10.1 Å². The largest absolute Gasteiger partial charge is 0.465 e. The van der Waals surface area contributed by atoms with Crippen molar-refractivity contribution in [3.8, 4) is 0 Å². The molecule has 2 heterocycles. The van der Waals surface area contributed by atoms with Crippen LogP contribution in [-0.2, 0) is 0 Å². The summed E-state index contributed by atoms with van der Waals surface area (Å²) < 4.78 is 0.786. The third-order valence-corrected chi connectivity index (χ3v) is 4.31. The second-order valence-electron chi connectivity index (χ2n) is 5.30. The lowest BCUT2D eigenvalue weighted by molar-refractivity contribution is -0.384. The number of nitro groups is 1. The second kappa shape index (κ2) is 5.99. The van der Waals surface area contributed by atoms with Crippen molar-refractivity contribution in [1.29, 1.82) is 0 Å². The van der Waals surface area contributed by atoms with Crippen molar-refractivity contribution in [2.75, 3.05) is 18.4 Å². The highest BCUT2D eigenvalue weighted by Gasteiger charge is 2.28. The maximum absolute atomic E-state index is 11.3. The highest BCUT2D eigenvalue weighted by atomic mass is 79.9. The van der Waals surface area contributed by atoms with Crippen LogP contribution in [0.25, 0.3) is 10.9 Å². The Morgan fingerprint density at radius 2 is 2.30 bits per heavy atom. The van der Waals surface area contributed by atoms with E-state index < -0.39 is 11.0 Å². The van der Waals surface area contributed by atoms with Gasteiger partial charge in [0.2, 0.25) is 0 Å². The van der Waals surface area contributed by atoms with Crippen molar-refractivity contribution in [2.45, 2.75) is 12.5 Å². The molecule has 3 rings (SSSR count). The number of aromatic nitrogens is 1. The average Bonchev–Trinajstić information content (AvgIpc) is 2.96. The normalized spacial score (nSPS) is 17.4. The van der Waals surface area contributed by atoms with Gasteiger partial charge in [0.1, 0.15) is 11.9 Å². The molecular weight excluding hydrogens is 368 g/mol. The lowest BCUT2D eigenvalue weighted by atomic mass is 10.1. The number of rotatable bonds is 3. The molecule has 1 aliphatic heterocycles. The Morgan fingerprint density at radius 3 is 2.96 bits per heavy atom. The lowest BCUT2D eigenvalue weighted by Gasteiger charge is -2.16. The monoisotopic (exact) mass is 380 g/mol. The number of anilines is 1. The van der Waals surface area contributed by atoms with E-state index in [0.29, 0.717) is 36.1 Å². The van der Waals surface area contributed by atoms with Crippen molar-refractivity contribution in [3.05, 3.63) is 39.0 Å². The van der Waals surface area contributed by atoms with Crippen molar-refractivity contribution in [3.63, 3.8) is 0 Å². The van der Waals surface area contributed by atoms with E-state index in [1.54, 1.807) is 12.1 Å². The molecule has 0 saturated carbocycles. The Kier molecular flexibility index (Phi) is 4.03. The fourth-order valence-electron chi connectivity index (χ4n) is 2.70. The number of fused-ring (bicyclic) bond motifs is 1. The first kappa shape index (κ1) is 15.5. The molecule has 1 aromatic heterocycles. The minimum atomic E-state index is -0.980. The van der Waals surface area contributed by atoms with Gasteiger partial charge in [0, 0.05) is 29.0 Å². The number of nitrogens with one attached hydrogen (secondary N) is 1. The van der Waals surface area contributed by atoms with Gasteiger partial charge >= 0.3 is 11.8 Å². The summed E-state index contributed by atoms with van der Waals surface area (Å²) in [5, 5.41) is 24.1. The molecule has 9 heteroatoms. The molecule has 1 atom stereocenters. The van der Waals surface area contributed by atoms with Crippen LogP contribution in [0.15, 0.2) is 28.9 Å². The highest BCUT2D eigenvalue weighted by molar-refractivity contribution is 9.10. The predicted octanol–water partition coefficient (Wildman–Crippen LogP) is 3.07. The zero-order valence-electron chi connectivity index (χ0n) is 11.9. The van der Waals surface area contributed by atoms with E-state index in [1.807, 2.05) is 6.07 Å². The van der Waals surface area contributed by atoms with E-state index in [4.69, 9.17) is 5.11 Å². The summed E-state index contributed by atoms with van der Waals surface area (Å²) in [7, 11) is 0. The third-order valence-electron chi connectivity index (χ3n) is 3.81. The molecule has 8 nitrogen and oxygen atoms in total. The molecule has 1 saturated heterocycles. The molecule has 1 fully saturated rings. The zero-order chi connectivity index (χ0) is 16.6. The van der Waals surface area contributed by atoms with Crippen LogP contribution in [0.4, 0.5) is 16.2 Å². The fourth-order valence-corrected chi connectivity index (χ4v) is 3.06. The Labute approximate surface area is 139 Å². The average molecular weight is 381 g/mol. The van der Waals surface area contributed by atoms with Crippen molar-refractivity contribution < 1.29 is 14.8 Å². The summed E-state index contributed by atoms with van der Waals surface area (Å²) >= 11 is 3.36. The van der Waals surface area contributed by atoms with E-state index in [-0.39, 0.29) is 11.7 Å². The standard InChI is InChI=1S/C14H13BrN4O4/c15-8-1-2-11-10(5-8)13(12(6-16-11)19(22)23)17-9-3-4-18(7-9)14(20)21/h1-2,5-6,9H,3-4,7H2,(H,16,17)(H,20,21). The summed E-state index contributed by atoms with van der Waals surface area (Å²) in [6.07, 6.45) is 0.843. The molecule has 23 heavy (non-hydrogen) atoms. The van der Waals surface area contributed by atoms with Gasteiger partial charge < -0.3 is 15.3 Å². The topological polar surface area (TPSA) is 109 Å². The van der Waals surface area contributed by atoms with Crippen molar-refractivity contribution >= 4 is 44.3 Å². The first-order valence-corrected chi connectivity index (χ1v) is 7.72. The Morgan fingerprint density at radius 1 is 1.52 bits per heavy atom. The van der Waals surface area contributed by atoms with Gasteiger partial charge in [-0.15, -0.1) is 0 Å². The van der Waals surface area contributed by atoms with Crippen LogP contribution >= 0.6 is 15.9 Å². The van der Waals surface area contributed by atoms with Crippen LogP contribution in [0.3, 0.4) is 0 Å². The van der Waals surface area contributed by atoms with Gasteiger partial charge in [-0.05, 0) is 24.6 Å². The van der Waals surface area contributed by atoms with Gasteiger partial charge in [0.25, 0.3) is 0 Å². The van der Waals surface area contributed by atoms with E-state index in [9.17, 15) is 14.9 Å². The number of amides is 1. The summed E-state index contributed by atoms with van der Waals surface area (Å²) in [4.78, 5) is 27.2. The molecule has 1 unspecified atom stereocenters. The van der Waals surface area contributed by atoms with Crippen LogP contribution in [0.5, 0.6) is 0 Å². The van der Waals surface area contributed by atoms with E-state index in [2.05, 4.69) is 26.2 Å². The van der Waals surface area contributed by atoms with Crippen molar-refractivity contribution in [2.24, 2.45) is 0 Å². The minimum Gasteiger partial charge on any atom is -0.465 e. The van der Waals surface area contributed by atoms with Gasteiger partial charge in [-0.1, -0.05) is 15.9 Å². The van der Waals surface area contributed by atoms with Crippen molar-refractivity contribution in [1.82, 2.24) is 9.88 Å². The number of hydrogen-bond donors (Lipinski definition) is 2. The molecule has 0 spiro atoms. The third kappa shape index (κ3) is 3.04. The highest BCUT2D eigenvalue weighted by Crippen LogP contribution is 2.34. The van der Waals surface area contributed by atoms with Crippen LogP contribution in [0.1, 0.15) is 6.42 Å². The zero-order valence-corrected chi connectivity index (χ0v) is 13.5. The van der Waals surface area contributed by atoms with E-state index in [1.165, 1.54) is 11.1 Å². The first-order valence-electron chi connectivity index (χ1n) is 6.93. The molecule has 0 bridgehead atoms. The maximum Gasteiger partial charge on any atom is 0.407 e. The van der Waals surface area contributed by atoms with E-state index in [0.717, 1.165) is 4.47 Å². The van der Waals surface area contributed by atoms with Gasteiger partial charge in [0.15, 0.2) is 0 Å². The number of nitrogens with zero attached hydrogens (tertiary/aromatic N) is 3. The van der Waals surface area contributed by atoms with Crippen LogP contribution < -0.4 is 5.32 Å². The SMILES string of the molecule is O=C(O)N1CCC(Nc2c([N+](=O)[O-])cnc3ccc(Br)cc23)C1. The van der Waals surface area contributed by atoms with Gasteiger partial charge in [-0.3, -0.25) is 10.1 Å². The Hall–Kier alpha value is -2.42.